The molecule has 2 aromatic heterocycles. The van der Waals surface area contributed by atoms with Crippen LogP contribution in [0.3, 0.4) is 0 Å². The molecular weight excluding hydrogens is 1160 g/mol. The van der Waals surface area contributed by atoms with Gasteiger partial charge in [-0.1, -0.05) is 82.8 Å². The van der Waals surface area contributed by atoms with Crippen LogP contribution in [0, 0.1) is 0 Å². The third-order valence-corrected chi connectivity index (χ3v) is 15.1. The maximum absolute atomic E-state index is 12.3. The molecule has 2 aliphatic heterocycles. The minimum absolute atomic E-state index is 0.0454. The lowest BCUT2D eigenvalue weighted by Crippen LogP contribution is -2.50. The van der Waals surface area contributed by atoms with E-state index in [0.29, 0.717) is 97.7 Å². The third kappa shape index (κ3) is 19.2. The highest BCUT2D eigenvalue weighted by atomic mass is 35.5. The maximum Gasteiger partial charge on any atom is 0.252 e. The van der Waals surface area contributed by atoms with Crippen LogP contribution in [-0.2, 0) is 51.1 Å². The molecule has 2 amide bonds. The number of hydrogen-bond donors (Lipinski definition) is 6. The first-order chi connectivity index (χ1) is 40.8. The molecule has 6 aromatic rings. The predicted molar refractivity (Wildman–Crippen MR) is 324 cm³/mol. The third-order valence-electron chi connectivity index (χ3n) is 13.9. The number of benzene rings is 4. The molecular formula is C60H72Cl4N10O10. The van der Waals surface area contributed by atoms with E-state index >= 15 is 0 Å². The van der Waals surface area contributed by atoms with Gasteiger partial charge in [0.15, 0.2) is 12.2 Å². The van der Waals surface area contributed by atoms with E-state index in [4.69, 9.17) is 84.8 Å². The van der Waals surface area contributed by atoms with E-state index < -0.39 is 24.0 Å². The van der Waals surface area contributed by atoms with E-state index in [-0.39, 0.29) is 51.4 Å². The van der Waals surface area contributed by atoms with Crippen LogP contribution in [0.4, 0.5) is 11.6 Å². The van der Waals surface area contributed by atoms with Gasteiger partial charge >= 0.3 is 0 Å². The minimum Gasteiger partial charge on any atom is -0.380 e. The van der Waals surface area contributed by atoms with Gasteiger partial charge in [0, 0.05) is 95.4 Å². The zero-order valence-electron chi connectivity index (χ0n) is 47.0. The topological polar surface area (TPSA) is 236 Å². The second kappa shape index (κ2) is 33.3. The summed E-state index contributed by atoms with van der Waals surface area (Å²) in [6.07, 6.45) is 2.89. The fourth-order valence-corrected chi connectivity index (χ4v) is 11.0. The van der Waals surface area contributed by atoms with Crippen LogP contribution in [-0.4, -0.2) is 197 Å². The number of carbonyl (C=O) groups excluding carboxylic acids is 2. The second-order valence-electron chi connectivity index (χ2n) is 20.2. The Labute approximate surface area is 509 Å². The molecule has 0 spiro atoms. The molecule has 450 valence electrons. The Morgan fingerprint density at radius 3 is 1.29 bits per heavy atom. The minimum atomic E-state index is -1.97. The molecule has 0 saturated heterocycles. The predicted octanol–water partition coefficient (Wildman–Crippen LogP) is 6.95. The lowest BCUT2D eigenvalue weighted by Gasteiger charge is -2.33. The van der Waals surface area contributed by atoms with Gasteiger partial charge in [0.1, 0.15) is 11.6 Å². The van der Waals surface area contributed by atoms with Crippen molar-refractivity contribution in [2.75, 3.05) is 143 Å². The Morgan fingerprint density at radius 1 is 0.524 bits per heavy atom. The van der Waals surface area contributed by atoms with Crippen LogP contribution in [0.5, 0.6) is 0 Å². The molecule has 84 heavy (non-hydrogen) atoms. The quantitative estimate of drug-likeness (QED) is 0.0229. The Hall–Kier alpha value is -5.66. The summed E-state index contributed by atoms with van der Waals surface area (Å²) < 4.78 is 33.5. The highest BCUT2D eigenvalue weighted by Crippen LogP contribution is 2.41. The van der Waals surface area contributed by atoms with E-state index in [0.717, 1.165) is 82.1 Å². The van der Waals surface area contributed by atoms with Crippen molar-refractivity contribution in [3.05, 3.63) is 151 Å². The van der Waals surface area contributed by atoms with Crippen molar-refractivity contribution >= 4 is 69.9 Å². The van der Waals surface area contributed by atoms with Gasteiger partial charge in [0.05, 0.1) is 115 Å². The number of nitrogens with one attached hydrogen (secondary N) is 4. The SMILES string of the molecule is CN1Cc2c(Cl)cc(Cl)cc2[C@H](c2cccc(-c3cncc(NCCOCCOCCOCCNC(=O)[C@H](O)[C@@H](O)C(=O)NCCOCCOCCOCCNc4cncc(-c5cccc([C@@H]6CN(C)Cc7c(Cl)cc(Cl)cc76)c5)n4)n3)c2)C1. The molecule has 2 aliphatic rings. The smallest absolute Gasteiger partial charge is 0.252 e. The van der Waals surface area contributed by atoms with Crippen molar-refractivity contribution in [3.8, 4) is 22.5 Å². The van der Waals surface area contributed by atoms with Crippen LogP contribution >= 0.6 is 46.4 Å². The zero-order valence-corrected chi connectivity index (χ0v) is 50.1. The van der Waals surface area contributed by atoms with Crippen molar-refractivity contribution in [1.29, 1.82) is 0 Å². The zero-order chi connectivity index (χ0) is 59.2. The van der Waals surface area contributed by atoms with Crippen LogP contribution in [0.2, 0.25) is 20.1 Å². The van der Waals surface area contributed by atoms with Gasteiger partial charge in [-0.05, 0) is 83.9 Å². The Balaban J connectivity index is 0.588. The van der Waals surface area contributed by atoms with Crippen LogP contribution < -0.4 is 21.3 Å². The van der Waals surface area contributed by atoms with Crippen molar-refractivity contribution < 1.29 is 48.2 Å². The summed E-state index contributed by atoms with van der Waals surface area (Å²) in [4.78, 5) is 47.6. The van der Waals surface area contributed by atoms with E-state index in [1.807, 2.05) is 36.4 Å². The molecule has 0 aliphatic carbocycles. The van der Waals surface area contributed by atoms with Crippen molar-refractivity contribution in [2.45, 2.75) is 37.1 Å². The number of aromatic nitrogens is 4. The average molecular weight is 1240 g/mol. The van der Waals surface area contributed by atoms with E-state index in [9.17, 15) is 19.8 Å². The summed E-state index contributed by atoms with van der Waals surface area (Å²) in [5, 5.41) is 34.5. The fraction of sp³-hybridized carbons (Fsp3) is 0.433. The van der Waals surface area contributed by atoms with Crippen LogP contribution in [0.1, 0.15) is 45.2 Å². The van der Waals surface area contributed by atoms with Crippen molar-refractivity contribution in [1.82, 2.24) is 40.4 Å². The van der Waals surface area contributed by atoms with Crippen LogP contribution in [0.25, 0.3) is 22.5 Å². The summed E-state index contributed by atoms with van der Waals surface area (Å²) in [5.41, 5.74) is 10.2. The number of carbonyl (C=O) groups is 2. The number of rotatable bonds is 33. The largest absolute Gasteiger partial charge is 0.380 e. The Kier molecular flexibility index (Phi) is 25.5. The van der Waals surface area contributed by atoms with E-state index in [1.165, 1.54) is 0 Å². The summed E-state index contributed by atoms with van der Waals surface area (Å²) in [7, 11) is 4.18. The molecule has 6 N–H and O–H groups in total. The van der Waals surface area contributed by atoms with Gasteiger partial charge in [-0.25, -0.2) is 9.97 Å². The van der Waals surface area contributed by atoms with E-state index in [1.54, 1.807) is 36.9 Å². The fourth-order valence-electron chi connectivity index (χ4n) is 9.85. The Morgan fingerprint density at radius 2 is 0.893 bits per heavy atom. The highest BCUT2D eigenvalue weighted by molar-refractivity contribution is 6.35. The highest BCUT2D eigenvalue weighted by Gasteiger charge is 2.31. The molecule has 24 heteroatoms. The lowest BCUT2D eigenvalue weighted by molar-refractivity contribution is -0.146. The standard InChI is InChI=1S/C60H72Cl4N10O10/c1-73-35-47(45-27-43(61)29-51(63)49(45)37-73)39-5-3-7-41(25-39)53-31-65-33-55(71-53)67-9-13-79-17-21-83-23-19-81-15-11-69-59(77)57(75)58(76)60(78)70-12-16-82-20-24-84-22-18-80-14-10-68-56-34-66-32-54(72-56)42-8-4-6-40(26-42)48-36-74(2)38-50-46(48)28-44(62)30-52(50)64/h3-8,25-34,47-48,57-58,75-76H,9-24,35-38H2,1-2H3,(H,67,71)(H,68,72)(H,69,77)(H,70,78)/t47-,48-,57+,58+/m0/s1. The molecule has 8 rings (SSSR count). The van der Waals surface area contributed by atoms with Gasteiger partial charge in [-0.3, -0.25) is 19.6 Å². The molecule has 0 bridgehead atoms. The van der Waals surface area contributed by atoms with E-state index in [2.05, 4.69) is 79.4 Å². The molecule has 0 fully saturated rings. The number of halogens is 4. The van der Waals surface area contributed by atoms with Crippen molar-refractivity contribution in [3.63, 3.8) is 0 Å². The molecule has 0 saturated carbocycles. The number of ether oxygens (including phenoxy) is 6. The number of anilines is 2. The first-order valence-electron chi connectivity index (χ1n) is 27.8. The molecule has 0 radical (unpaired) electrons. The monoisotopic (exact) mass is 1230 g/mol. The van der Waals surface area contributed by atoms with Gasteiger partial charge in [0.25, 0.3) is 11.8 Å². The van der Waals surface area contributed by atoms with Gasteiger partial charge in [0.2, 0.25) is 0 Å². The number of likely N-dealkylation sites (N-methyl/N-ethyl adjacent to an activating group) is 2. The molecule has 0 unspecified atom stereocenters. The van der Waals surface area contributed by atoms with Crippen molar-refractivity contribution in [2.24, 2.45) is 0 Å². The van der Waals surface area contributed by atoms with Gasteiger partial charge < -0.3 is 69.7 Å². The first kappa shape index (κ1) is 64.3. The maximum atomic E-state index is 12.3. The summed E-state index contributed by atoms with van der Waals surface area (Å²) >= 11 is 26.1. The summed E-state index contributed by atoms with van der Waals surface area (Å²) in [6.45, 7) is 7.98. The first-order valence-corrected chi connectivity index (χ1v) is 29.4. The number of amides is 2. The average Bonchev–Trinajstić information content (AvgIpc) is 2.61. The summed E-state index contributed by atoms with van der Waals surface area (Å²) in [6, 6.07) is 24.3. The number of aliphatic hydroxyl groups excluding tert-OH is 2. The molecule has 4 atom stereocenters. The Bertz CT molecular complexity index is 2900. The number of hydrogen-bond acceptors (Lipinski definition) is 18. The molecule has 4 heterocycles. The number of fused-ring (bicyclic) bond motifs is 2. The number of aliphatic hydroxyl groups is 2. The summed E-state index contributed by atoms with van der Waals surface area (Å²) in [5.74, 6) is -0.363. The van der Waals surface area contributed by atoms with Gasteiger partial charge in [-0.2, -0.15) is 0 Å². The lowest BCUT2D eigenvalue weighted by atomic mass is 9.84. The molecule has 4 aromatic carbocycles. The number of nitrogens with zero attached hydrogens (tertiary/aromatic N) is 6. The second-order valence-corrected chi connectivity index (χ2v) is 21.9. The van der Waals surface area contributed by atoms with Crippen LogP contribution in [0.15, 0.2) is 97.6 Å². The molecule has 20 nitrogen and oxygen atoms in total. The van der Waals surface area contributed by atoms with Gasteiger partial charge in [-0.15, -0.1) is 0 Å². The normalized spacial score (nSPS) is 15.9.